The SMILES string of the molecule is CCOc1cncc(N(CC)CCBr)n1. The van der Waals surface area contributed by atoms with Crippen LogP contribution in [0.15, 0.2) is 12.4 Å². The van der Waals surface area contributed by atoms with Gasteiger partial charge in [0.25, 0.3) is 0 Å². The molecule has 0 radical (unpaired) electrons. The summed E-state index contributed by atoms with van der Waals surface area (Å²) in [4.78, 5) is 10.6. The average molecular weight is 274 g/mol. The van der Waals surface area contributed by atoms with Gasteiger partial charge in [-0.3, -0.25) is 4.98 Å². The first-order valence-corrected chi connectivity index (χ1v) is 6.19. The number of rotatable bonds is 6. The molecule has 5 heteroatoms. The predicted molar refractivity (Wildman–Crippen MR) is 64.9 cm³/mol. The summed E-state index contributed by atoms with van der Waals surface area (Å²) < 4.78 is 5.31. The van der Waals surface area contributed by atoms with E-state index in [9.17, 15) is 0 Å². The Morgan fingerprint density at radius 2 is 2.20 bits per heavy atom. The summed E-state index contributed by atoms with van der Waals surface area (Å²) in [5.74, 6) is 1.45. The number of anilines is 1. The van der Waals surface area contributed by atoms with Gasteiger partial charge in [-0.25, -0.2) is 0 Å². The second-order valence-electron chi connectivity index (χ2n) is 2.92. The van der Waals surface area contributed by atoms with Gasteiger partial charge in [0, 0.05) is 18.4 Å². The van der Waals surface area contributed by atoms with E-state index in [1.807, 2.05) is 6.92 Å². The van der Waals surface area contributed by atoms with Gasteiger partial charge in [-0.2, -0.15) is 4.98 Å². The molecular formula is C10H16BrN3O. The van der Waals surface area contributed by atoms with Gasteiger partial charge >= 0.3 is 0 Å². The van der Waals surface area contributed by atoms with Gasteiger partial charge in [-0.05, 0) is 13.8 Å². The molecule has 0 saturated heterocycles. The molecule has 0 amide bonds. The summed E-state index contributed by atoms with van der Waals surface area (Å²) in [6, 6.07) is 0. The lowest BCUT2D eigenvalue weighted by molar-refractivity contribution is 0.325. The Labute approximate surface area is 98.8 Å². The van der Waals surface area contributed by atoms with E-state index in [0.717, 1.165) is 24.2 Å². The van der Waals surface area contributed by atoms with E-state index in [4.69, 9.17) is 4.74 Å². The van der Waals surface area contributed by atoms with Crippen LogP contribution in [0.4, 0.5) is 5.82 Å². The molecule has 0 aliphatic carbocycles. The van der Waals surface area contributed by atoms with Crippen molar-refractivity contribution in [1.29, 1.82) is 0 Å². The number of hydrogen-bond donors (Lipinski definition) is 0. The molecule has 15 heavy (non-hydrogen) atoms. The van der Waals surface area contributed by atoms with Crippen LogP contribution in [0.1, 0.15) is 13.8 Å². The van der Waals surface area contributed by atoms with Crippen molar-refractivity contribution in [2.45, 2.75) is 13.8 Å². The Hall–Kier alpha value is -0.840. The van der Waals surface area contributed by atoms with E-state index in [-0.39, 0.29) is 0 Å². The third kappa shape index (κ3) is 3.66. The van der Waals surface area contributed by atoms with Crippen molar-refractivity contribution in [3.05, 3.63) is 12.4 Å². The molecule has 0 unspecified atom stereocenters. The minimum Gasteiger partial charge on any atom is -0.477 e. The maximum absolute atomic E-state index is 5.31. The van der Waals surface area contributed by atoms with Crippen LogP contribution in [0.25, 0.3) is 0 Å². The molecule has 0 aromatic carbocycles. The first-order chi connectivity index (χ1) is 7.31. The topological polar surface area (TPSA) is 38.2 Å². The van der Waals surface area contributed by atoms with Crippen LogP contribution in [-0.2, 0) is 0 Å². The molecule has 4 nitrogen and oxygen atoms in total. The van der Waals surface area contributed by atoms with E-state index in [2.05, 4.69) is 37.7 Å². The van der Waals surface area contributed by atoms with Gasteiger partial charge in [0.15, 0.2) is 5.82 Å². The molecule has 84 valence electrons. The van der Waals surface area contributed by atoms with Gasteiger partial charge in [0.2, 0.25) is 5.88 Å². The van der Waals surface area contributed by atoms with E-state index < -0.39 is 0 Å². The molecule has 1 rings (SSSR count). The number of halogens is 1. The van der Waals surface area contributed by atoms with Crippen molar-refractivity contribution in [2.75, 3.05) is 29.9 Å². The van der Waals surface area contributed by atoms with Crippen molar-refractivity contribution in [3.8, 4) is 5.88 Å². The highest BCUT2D eigenvalue weighted by atomic mass is 79.9. The van der Waals surface area contributed by atoms with E-state index in [1.165, 1.54) is 0 Å². The minimum atomic E-state index is 0.586. The lowest BCUT2D eigenvalue weighted by atomic mass is 10.5. The average Bonchev–Trinajstić information content (AvgIpc) is 2.27. The Kier molecular flexibility index (Phi) is 5.39. The van der Waals surface area contributed by atoms with E-state index in [0.29, 0.717) is 12.5 Å². The normalized spacial score (nSPS) is 10.1. The standard InChI is InChI=1S/C10H16BrN3O/c1-3-14(6-5-11)9-7-12-8-10(13-9)15-4-2/h7-8H,3-6H2,1-2H3. The Balaban J connectivity index is 2.77. The van der Waals surface area contributed by atoms with Crippen molar-refractivity contribution in [1.82, 2.24) is 9.97 Å². The number of hydrogen-bond acceptors (Lipinski definition) is 4. The molecule has 0 atom stereocenters. The highest BCUT2D eigenvalue weighted by molar-refractivity contribution is 9.09. The molecular weight excluding hydrogens is 258 g/mol. The molecule has 0 spiro atoms. The molecule has 1 heterocycles. The summed E-state index contributed by atoms with van der Waals surface area (Å²) in [6.45, 7) is 6.47. The monoisotopic (exact) mass is 273 g/mol. The van der Waals surface area contributed by atoms with Crippen LogP contribution >= 0.6 is 15.9 Å². The second kappa shape index (κ2) is 6.61. The van der Waals surface area contributed by atoms with Crippen LogP contribution < -0.4 is 9.64 Å². The van der Waals surface area contributed by atoms with Gasteiger partial charge < -0.3 is 9.64 Å². The van der Waals surface area contributed by atoms with Gasteiger partial charge in [-0.15, -0.1) is 0 Å². The van der Waals surface area contributed by atoms with Crippen molar-refractivity contribution < 1.29 is 4.74 Å². The van der Waals surface area contributed by atoms with E-state index in [1.54, 1.807) is 12.4 Å². The quantitative estimate of drug-likeness (QED) is 0.744. The van der Waals surface area contributed by atoms with Crippen LogP contribution in [0.2, 0.25) is 0 Å². The third-order valence-corrected chi connectivity index (χ3v) is 2.31. The minimum absolute atomic E-state index is 0.586. The van der Waals surface area contributed by atoms with Crippen LogP contribution in [0.3, 0.4) is 0 Å². The van der Waals surface area contributed by atoms with Crippen molar-refractivity contribution >= 4 is 21.7 Å². The lowest BCUT2D eigenvalue weighted by Gasteiger charge is -2.20. The van der Waals surface area contributed by atoms with Gasteiger partial charge in [0.1, 0.15) is 0 Å². The number of alkyl halides is 1. The Morgan fingerprint density at radius 3 is 2.80 bits per heavy atom. The molecule has 0 fully saturated rings. The second-order valence-corrected chi connectivity index (χ2v) is 3.71. The first kappa shape index (κ1) is 12.2. The maximum Gasteiger partial charge on any atom is 0.234 e. The maximum atomic E-state index is 5.31. The van der Waals surface area contributed by atoms with Crippen molar-refractivity contribution in [3.63, 3.8) is 0 Å². The fourth-order valence-electron chi connectivity index (χ4n) is 1.24. The zero-order chi connectivity index (χ0) is 11.1. The first-order valence-electron chi connectivity index (χ1n) is 5.07. The van der Waals surface area contributed by atoms with Crippen molar-refractivity contribution in [2.24, 2.45) is 0 Å². The fraction of sp³-hybridized carbons (Fsp3) is 0.600. The molecule has 0 aliphatic rings. The molecule has 0 saturated carbocycles. The Morgan fingerprint density at radius 1 is 1.40 bits per heavy atom. The summed E-state index contributed by atoms with van der Waals surface area (Å²) in [6.07, 6.45) is 3.39. The van der Waals surface area contributed by atoms with Crippen LogP contribution in [0.5, 0.6) is 5.88 Å². The molecule has 1 aromatic rings. The third-order valence-electron chi connectivity index (χ3n) is 1.95. The van der Waals surface area contributed by atoms with Crippen LogP contribution in [0, 0.1) is 0 Å². The largest absolute Gasteiger partial charge is 0.477 e. The number of ether oxygens (including phenoxy) is 1. The van der Waals surface area contributed by atoms with E-state index >= 15 is 0 Å². The number of nitrogens with zero attached hydrogens (tertiary/aromatic N) is 3. The van der Waals surface area contributed by atoms with Gasteiger partial charge in [0.05, 0.1) is 19.0 Å². The zero-order valence-electron chi connectivity index (χ0n) is 9.11. The van der Waals surface area contributed by atoms with Gasteiger partial charge in [-0.1, -0.05) is 15.9 Å². The highest BCUT2D eigenvalue weighted by Gasteiger charge is 2.06. The number of aromatic nitrogens is 2. The Bertz CT molecular complexity index is 296. The zero-order valence-corrected chi connectivity index (χ0v) is 10.7. The summed E-state index contributed by atoms with van der Waals surface area (Å²) in [5.41, 5.74) is 0. The lowest BCUT2D eigenvalue weighted by Crippen LogP contribution is -2.26. The molecule has 0 aliphatic heterocycles. The smallest absolute Gasteiger partial charge is 0.234 e. The predicted octanol–water partition coefficient (Wildman–Crippen LogP) is 2.10. The highest BCUT2D eigenvalue weighted by Crippen LogP contribution is 2.13. The fourth-order valence-corrected chi connectivity index (χ4v) is 1.67. The molecule has 0 bridgehead atoms. The summed E-state index contributed by atoms with van der Waals surface area (Å²) in [5, 5.41) is 0.918. The van der Waals surface area contributed by atoms with Crippen LogP contribution in [-0.4, -0.2) is 35.0 Å². The summed E-state index contributed by atoms with van der Waals surface area (Å²) >= 11 is 3.42. The molecule has 0 N–H and O–H groups in total. The molecule has 1 aromatic heterocycles. The summed E-state index contributed by atoms with van der Waals surface area (Å²) in [7, 11) is 0.